The molecule has 1 aromatic heterocycles. The minimum atomic E-state index is -0.273. The number of nitrogens with two attached hydrogens (primary N) is 1. The molecular formula is C10H15N3O2. The van der Waals surface area contributed by atoms with Gasteiger partial charge >= 0.3 is 0 Å². The van der Waals surface area contributed by atoms with Gasteiger partial charge in [-0.3, -0.25) is 9.59 Å². The molecule has 1 amide bonds. The van der Waals surface area contributed by atoms with Crippen LogP contribution in [0.4, 0.5) is 0 Å². The number of carbonyl (C=O) groups is 1. The SMILES string of the molecule is CC(CN)NC(=O)c1ccn(C)c(=O)c1. The van der Waals surface area contributed by atoms with Gasteiger partial charge in [0.05, 0.1) is 0 Å². The zero-order chi connectivity index (χ0) is 11.4. The minimum absolute atomic E-state index is 0.0958. The van der Waals surface area contributed by atoms with E-state index in [9.17, 15) is 9.59 Å². The highest BCUT2D eigenvalue weighted by Gasteiger charge is 2.08. The molecule has 0 spiro atoms. The van der Waals surface area contributed by atoms with E-state index in [-0.39, 0.29) is 17.5 Å². The van der Waals surface area contributed by atoms with Gasteiger partial charge in [-0.1, -0.05) is 0 Å². The van der Waals surface area contributed by atoms with E-state index in [1.54, 1.807) is 26.2 Å². The maximum Gasteiger partial charge on any atom is 0.251 e. The van der Waals surface area contributed by atoms with Crippen LogP contribution in [0.3, 0.4) is 0 Å². The van der Waals surface area contributed by atoms with E-state index in [1.807, 2.05) is 0 Å². The Bertz CT molecular complexity index is 411. The molecule has 1 unspecified atom stereocenters. The third kappa shape index (κ3) is 2.92. The molecule has 0 aliphatic carbocycles. The zero-order valence-electron chi connectivity index (χ0n) is 8.86. The predicted molar refractivity (Wildman–Crippen MR) is 57.7 cm³/mol. The molecule has 1 atom stereocenters. The number of aryl methyl sites for hydroxylation is 1. The number of amides is 1. The van der Waals surface area contributed by atoms with Crippen molar-refractivity contribution >= 4 is 5.91 Å². The van der Waals surface area contributed by atoms with Gasteiger partial charge in [-0.15, -0.1) is 0 Å². The minimum Gasteiger partial charge on any atom is -0.348 e. The van der Waals surface area contributed by atoms with Crippen LogP contribution in [0, 0.1) is 0 Å². The van der Waals surface area contributed by atoms with E-state index >= 15 is 0 Å². The molecule has 1 rings (SSSR count). The first kappa shape index (κ1) is 11.5. The van der Waals surface area contributed by atoms with Gasteiger partial charge in [0.15, 0.2) is 0 Å². The summed E-state index contributed by atoms with van der Waals surface area (Å²) in [5.41, 5.74) is 5.53. The second-order valence-corrected chi connectivity index (χ2v) is 3.47. The summed E-state index contributed by atoms with van der Waals surface area (Å²) in [4.78, 5) is 22.8. The molecule has 0 saturated heterocycles. The quantitative estimate of drug-likeness (QED) is 0.702. The van der Waals surface area contributed by atoms with Gasteiger partial charge in [0.1, 0.15) is 0 Å². The van der Waals surface area contributed by atoms with Crippen molar-refractivity contribution in [3.63, 3.8) is 0 Å². The molecule has 0 bridgehead atoms. The molecule has 15 heavy (non-hydrogen) atoms. The fourth-order valence-electron chi connectivity index (χ4n) is 1.06. The maximum atomic E-state index is 11.6. The molecule has 1 aromatic rings. The Labute approximate surface area is 87.9 Å². The summed E-state index contributed by atoms with van der Waals surface area (Å²) in [6, 6.07) is 2.81. The fraction of sp³-hybridized carbons (Fsp3) is 0.400. The molecule has 82 valence electrons. The first-order valence-corrected chi connectivity index (χ1v) is 4.72. The van der Waals surface area contributed by atoms with Crippen molar-refractivity contribution in [2.45, 2.75) is 13.0 Å². The van der Waals surface area contributed by atoms with Crippen molar-refractivity contribution in [2.24, 2.45) is 12.8 Å². The number of aromatic nitrogens is 1. The monoisotopic (exact) mass is 209 g/mol. The highest BCUT2D eigenvalue weighted by atomic mass is 16.2. The van der Waals surface area contributed by atoms with Crippen molar-refractivity contribution in [1.82, 2.24) is 9.88 Å². The number of hydrogen-bond donors (Lipinski definition) is 2. The Morgan fingerprint density at radius 2 is 2.33 bits per heavy atom. The molecule has 0 aliphatic heterocycles. The summed E-state index contributed by atoms with van der Waals surface area (Å²) in [5, 5.41) is 2.68. The summed E-state index contributed by atoms with van der Waals surface area (Å²) in [6.45, 7) is 2.18. The average Bonchev–Trinajstić information content (AvgIpc) is 2.21. The number of nitrogens with zero attached hydrogens (tertiary/aromatic N) is 1. The van der Waals surface area contributed by atoms with Crippen LogP contribution in [0.1, 0.15) is 17.3 Å². The van der Waals surface area contributed by atoms with Crippen LogP contribution in [0.5, 0.6) is 0 Å². The van der Waals surface area contributed by atoms with Crippen LogP contribution in [0.15, 0.2) is 23.1 Å². The third-order valence-corrected chi connectivity index (χ3v) is 2.10. The number of carbonyl (C=O) groups excluding carboxylic acids is 1. The number of pyridine rings is 1. The summed E-state index contributed by atoms with van der Waals surface area (Å²) in [6.07, 6.45) is 1.56. The van der Waals surface area contributed by atoms with Crippen LogP contribution >= 0.6 is 0 Å². The normalized spacial score (nSPS) is 12.2. The molecule has 3 N–H and O–H groups in total. The van der Waals surface area contributed by atoms with Crippen LogP contribution in [0.25, 0.3) is 0 Å². The average molecular weight is 209 g/mol. The molecule has 0 fully saturated rings. The first-order chi connectivity index (χ1) is 7.04. The van der Waals surface area contributed by atoms with Crippen molar-refractivity contribution < 1.29 is 4.79 Å². The van der Waals surface area contributed by atoms with E-state index in [1.165, 1.54) is 10.6 Å². The van der Waals surface area contributed by atoms with E-state index in [4.69, 9.17) is 5.73 Å². The number of rotatable bonds is 3. The predicted octanol–water partition coefficient (Wildman–Crippen LogP) is -0.538. The molecule has 0 saturated carbocycles. The molecule has 0 radical (unpaired) electrons. The van der Waals surface area contributed by atoms with Gasteiger partial charge in [-0.25, -0.2) is 0 Å². The Hall–Kier alpha value is -1.62. The van der Waals surface area contributed by atoms with Gasteiger partial charge in [0.25, 0.3) is 11.5 Å². The highest BCUT2D eigenvalue weighted by Crippen LogP contribution is 1.94. The lowest BCUT2D eigenvalue weighted by Gasteiger charge is -2.11. The standard InChI is InChI=1S/C10H15N3O2/c1-7(6-11)12-10(15)8-3-4-13(2)9(14)5-8/h3-5,7H,6,11H2,1-2H3,(H,12,15). The lowest BCUT2D eigenvalue weighted by atomic mass is 10.2. The second-order valence-electron chi connectivity index (χ2n) is 3.47. The van der Waals surface area contributed by atoms with Gasteiger partial charge in [-0.2, -0.15) is 0 Å². The Morgan fingerprint density at radius 3 is 2.87 bits per heavy atom. The lowest BCUT2D eigenvalue weighted by Crippen LogP contribution is -2.38. The Kier molecular flexibility index (Phi) is 3.62. The van der Waals surface area contributed by atoms with E-state index < -0.39 is 0 Å². The van der Waals surface area contributed by atoms with Crippen molar-refractivity contribution in [2.75, 3.05) is 6.54 Å². The summed E-state index contributed by atoms with van der Waals surface area (Å²) in [7, 11) is 1.63. The molecule has 1 heterocycles. The number of nitrogens with one attached hydrogen (secondary N) is 1. The molecular weight excluding hydrogens is 194 g/mol. The zero-order valence-corrected chi connectivity index (χ0v) is 8.86. The van der Waals surface area contributed by atoms with Gasteiger partial charge in [0.2, 0.25) is 0 Å². The summed E-state index contributed by atoms with van der Waals surface area (Å²) < 4.78 is 1.41. The highest BCUT2D eigenvalue weighted by molar-refractivity contribution is 5.94. The van der Waals surface area contributed by atoms with E-state index in [0.717, 1.165) is 0 Å². The van der Waals surface area contributed by atoms with Crippen molar-refractivity contribution in [3.05, 3.63) is 34.2 Å². The fourth-order valence-corrected chi connectivity index (χ4v) is 1.06. The first-order valence-electron chi connectivity index (χ1n) is 4.72. The lowest BCUT2D eigenvalue weighted by molar-refractivity contribution is 0.0941. The Balaban J connectivity index is 2.83. The van der Waals surface area contributed by atoms with Crippen molar-refractivity contribution in [1.29, 1.82) is 0 Å². The van der Waals surface area contributed by atoms with Gasteiger partial charge in [0, 0.05) is 37.5 Å². The third-order valence-electron chi connectivity index (χ3n) is 2.10. The largest absolute Gasteiger partial charge is 0.348 e. The smallest absolute Gasteiger partial charge is 0.251 e. The summed E-state index contributed by atoms with van der Waals surface area (Å²) in [5.74, 6) is -0.273. The molecule has 0 aliphatic rings. The van der Waals surface area contributed by atoms with E-state index in [2.05, 4.69) is 5.32 Å². The van der Waals surface area contributed by atoms with Gasteiger partial charge in [-0.05, 0) is 13.0 Å². The van der Waals surface area contributed by atoms with Crippen molar-refractivity contribution in [3.8, 4) is 0 Å². The van der Waals surface area contributed by atoms with E-state index in [0.29, 0.717) is 12.1 Å². The topological polar surface area (TPSA) is 77.1 Å². The van der Waals surface area contributed by atoms with Gasteiger partial charge < -0.3 is 15.6 Å². The summed E-state index contributed by atoms with van der Waals surface area (Å²) >= 11 is 0. The van der Waals surface area contributed by atoms with Crippen LogP contribution in [-0.2, 0) is 7.05 Å². The maximum absolute atomic E-state index is 11.6. The molecule has 5 nitrogen and oxygen atoms in total. The molecule has 5 heteroatoms. The van der Waals surface area contributed by atoms with Crippen LogP contribution in [-0.4, -0.2) is 23.1 Å². The van der Waals surface area contributed by atoms with Crippen LogP contribution in [0.2, 0.25) is 0 Å². The van der Waals surface area contributed by atoms with Crippen LogP contribution < -0.4 is 16.6 Å². The second kappa shape index (κ2) is 4.75. The molecule has 0 aromatic carbocycles. The Morgan fingerprint density at radius 1 is 1.67 bits per heavy atom. The number of hydrogen-bond acceptors (Lipinski definition) is 3.